The second kappa shape index (κ2) is 15.4. The molecule has 14 heteroatoms. The van der Waals surface area contributed by atoms with Gasteiger partial charge in [-0.05, 0) is 12.3 Å². The first kappa shape index (κ1) is 29.6. The van der Waals surface area contributed by atoms with Crippen molar-refractivity contribution in [1.29, 1.82) is 0 Å². The molecule has 0 spiro atoms. The Hall–Kier alpha value is -3.42. The predicted octanol–water partition coefficient (Wildman–Crippen LogP) is -3.24. The fourth-order valence-electron chi connectivity index (χ4n) is 2.94. The molecule has 0 saturated heterocycles. The summed E-state index contributed by atoms with van der Waals surface area (Å²) in [5, 5.41) is 11.3. The number of hydrogen-bond acceptors (Lipinski definition) is 7. The lowest BCUT2D eigenvalue weighted by atomic mass is 10.0. The zero-order valence-electron chi connectivity index (χ0n) is 19.2. The smallest absolute Gasteiger partial charge is 0.312 e. The highest BCUT2D eigenvalue weighted by atomic mass is 16.4. The third-order valence-electron chi connectivity index (χ3n) is 4.24. The van der Waals surface area contributed by atoms with E-state index in [-0.39, 0.29) is 57.1 Å². The Morgan fingerprint density at radius 3 is 2.15 bits per heavy atom. The van der Waals surface area contributed by atoms with Crippen LogP contribution in [0.5, 0.6) is 0 Å². The Morgan fingerprint density at radius 2 is 1.64 bits per heavy atom. The second-order valence-electron chi connectivity index (χ2n) is 7.92. The van der Waals surface area contributed by atoms with Gasteiger partial charge < -0.3 is 43.2 Å². The van der Waals surface area contributed by atoms with Crippen LogP contribution in [-0.2, 0) is 24.0 Å². The highest BCUT2D eigenvalue weighted by molar-refractivity contribution is 5.95. The Kier molecular flexibility index (Phi) is 13.8. The van der Waals surface area contributed by atoms with Crippen LogP contribution in [0.3, 0.4) is 0 Å². The molecule has 0 aliphatic carbocycles. The van der Waals surface area contributed by atoms with E-state index in [1.165, 1.54) is 4.90 Å². The Labute approximate surface area is 192 Å². The second-order valence-corrected chi connectivity index (χ2v) is 7.92. The number of nitrogens with two attached hydrogens (primary N) is 4. The van der Waals surface area contributed by atoms with Gasteiger partial charge in [-0.2, -0.15) is 0 Å². The average molecular weight is 473 g/mol. The summed E-state index contributed by atoms with van der Waals surface area (Å²) >= 11 is 0. The molecule has 0 bridgehead atoms. The van der Waals surface area contributed by atoms with Crippen molar-refractivity contribution in [2.75, 3.05) is 39.3 Å². The van der Waals surface area contributed by atoms with Crippen molar-refractivity contribution in [2.24, 2.45) is 33.8 Å². The van der Waals surface area contributed by atoms with Crippen LogP contribution in [0, 0.1) is 5.92 Å². The number of rotatable bonds is 16. The molecule has 4 amide bonds. The van der Waals surface area contributed by atoms with Gasteiger partial charge in [0.05, 0.1) is 19.6 Å². The number of aliphatic carboxylic acids is 1. The van der Waals surface area contributed by atoms with Crippen LogP contribution >= 0.6 is 0 Å². The Balaban J connectivity index is 4.97. The number of aliphatic imine (C=N–C) groups is 1. The zero-order chi connectivity index (χ0) is 25.6. The number of nitrogens with one attached hydrogen (secondary N) is 1. The molecule has 0 saturated carbocycles. The SMILES string of the molecule is CC(C)C[C@H](N)CN(CC(=O)NCCN(CC(N)=O)C(=O)CC(=O)O)C(=O)CCN=C(N)N. The minimum absolute atomic E-state index is 0.0182. The molecule has 0 heterocycles. The summed E-state index contributed by atoms with van der Waals surface area (Å²) in [6.07, 6.45) is -0.185. The summed E-state index contributed by atoms with van der Waals surface area (Å²) in [6, 6.07) is -0.343. The van der Waals surface area contributed by atoms with Crippen molar-refractivity contribution < 1.29 is 29.1 Å². The Bertz CT molecular complexity index is 723. The van der Waals surface area contributed by atoms with Crippen molar-refractivity contribution in [1.82, 2.24) is 15.1 Å². The van der Waals surface area contributed by atoms with E-state index in [0.717, 1.165) is 4.90 Å². The number of hydrogen-bond donors (Lipinski definition) is 6. The van der Waals surface area contributed by atoms with Gasteiger partial charge in [0.25, 0.3) is 0 Å². The number of carbonyl (C=O) groups excluding carboxylic acids is 4. The molecule has 0 unspecified atom stereocenters. The monoisotopic (exact) mass is 472 g/mol. The van der Waals surface area contributed by atoms with Crippen LogP contribution < -0.4 is 28.3 Å². The standard InChI is InChI=1S/C19H36N8O6/c1-12(2)7-13(20)9-27(16(30)3-4-25-19(22)23)11-15(29)24-5-6-26(10-14(21)28)17(31)8-18(32)33/h12-13H,3-11,20H2,1-2H3,(H2,21,28)(H,24,29)(H,32,33)(H4,22,23,25)/t13-/m0/s1. The number of amides is 4. The topological polar surface area (TPSA) is 241 Å². The predicted molar refractivity (Wildman–Crippen MR) is 120 cm³/mol. The van der Waals surface area contributed by atoms with Gasteiger partial charge in [-0.15, -0.1) is 0 Å². The number of carboxylic acids is 1. The van der Waals surface area contributed by atoms with Crippen molar-refractivity contribution in [3.63, 3.8) is 0 Å². The largest absolute Gasteiger partial charge is 0.481 e. The highest BCUT2D eigenvalue weighted by Gasteiger charge is 2.21. The summed E-state index contributed by atoms with van der Waals surface area (Å²) in [5.41, 5.74) is 21.7. The van der Waals surface area contributed by atoms with Gasteiger partial charge in [0.1, 0.15) is 6.42 Å². The summed E-state index contributed by atoms with van der Waals surface area (Å²) in [4.78, 5) is 64.7. The maximum atomic E-state index is 12.6. The van der Waals surface area contributed by atoms with E-state index in [2.05, 4.69) is 10.3 Å². The van der Waals surface area contributed by atoms with Crippen molar-refractivity contribution >= 4 is 35.6 Å². The molecule has 0 aromatic heterocycles. The van der Waals surface area contributed by atoms with Crippen molar-refractivity contribution in [3.05, 3.63) is 0 Å². The summed E-state index contributed by atoms with van der Waals surface area (Å²) in [7, 11) is 0. The quantitative estimate of drug-likeness (QED) is 0.0749. The van der Waals surface area contributed by atoms with E-state index in [0.29, 0.717) is 12.3 Å². The maximum Gasteiger partial charge on any atom is 0.312 e. The molecular formula is C19H36N8O6. The first-order valence-corrected chi connectivity index (χ1v) is 10.4. The van der Waals surface area contributed by atoms with Crippen LogP contribution in [0.15, 0.2) is 4.99 Å². The molecule has 0 aromatic rings. The lowest BCUT2D eigenvalue weighted by molar-refractivity contribution is -0.145. The molecule has 0 aliphatic heterocycles. The zero-order valence-corrected chi connectivity index (χ0v) is 19.2. The highest BCUT2D eigenvalue weighted by Crippen LogP contribution is 2.06. The van der Waals surface area contributed by atoms with Gasteiger partial charge in [-0.3, -0.25) is 29.0 Å². The van der Waals surface area contributed by atoms with Crippen molar-refractivity contribution in [2.45, 2.75) is 39.2 Å². The van der Waals surface area contributed by atoms with Crippen LogP contribution in [0.4, 0.5) is 0 Å². The lowest BCUT2D eigenvalue weighted by Crippen LogP contribution is -2.48. The molecule has 33 heavy (non-hydrogen) atoms. The number of nitrogens with zero attached hydrogens (tertiary/aromatic N) is 3. The van der Waals surface area contributed by atoms with Gasteiger partial charge in [0.15, 0.2) is 5.96 Å². The molecule has 14 nitrogen and oxygen atoms in total. The molecule has 0 aromatic carbocycles. The van der Waals surface area contributed by atoms with Gasteiger partial charge in [-0.1, -0.05) is 13.8 Å². The maximum absolute atomic E-state index is 12.6. The third kappa shape index (κ3) is 15.1. The summed E-state index contributed by atoms with van der Waals surface area (Å²) in [5.74, 6) is -3.73. The first-order chi connectivity index (χ1) is 15.3. The van der Waals surface area contributed by atoms with Gasteiger partial charge in [-0.25, -0.2) is 0 Å². The molecule has 188 valence electrons. The van der Waals surface area contributed by atoms with E-state index in [1.807, 2.05) is 13.8 Å². The normalized spacial score (nSPS) is 11.4. The van der Waals surface area contributed by atoms with Crippen LogP contribution in [0.1, 0.15) is 33.1 Å². The molecule has 10 N–H and O–H groups in total. The van der Waals surface area contributed by atoms with Crippen molar-refractivity contribution in [3.8, 4) is 0 Å². The number of carbonyl (C=O) groups is 5. The number of guanidine groups is 1. The Morgan fingerprint density at radius 1 is 1.00 bits per heavy atom. The molecule has 0 fully saturated rings. The van der Waals surface area contributed by atoms with Crippen LogP contribution in [0.2, 0.25) is 0 Å². The average Bonchev–Trinajstić information content (AvgIpc) is 2.64. The van der Waals surface area contributed by atoms with Crippen LogP contribution in [0.25, 0.3) is 0 Å². The summed E-state index contributed by atoms with van der Waals surface area (Å²) < 4.78 is 0. The first-order valence-electron chi connectivity index (χ1n) is 10.4. The number of primary amides is 1. The molecule has 1 atom stereocenters. The fourth-order valence-corrected chi connectivity index (χ4v) is 2.94. The lowest BCUT2D eigenvalue weighted by Gasteiger charge is -2.26. The number of carboxylic acid groups (broad SMARTS) is 1. The molecule has 0 radical (unpaired) electrons. The minimum atomic E-state index is -1.36. The van der Waals surface area contributed by atoms with Crippen LogP contribution in [-0.4, -0.2) is 95.8 Å². The summed E-state index contributed by atoms with van der Waals surface area (Å²) in [6.45, 7) is 3.20. The molecular weight excluding hydrogens is 436 g/mol. The fraction of sp³-hybridized carbons (Fsp3) is 0.684. The molecule has 0 rings (SSSR count). The van der Waals surface area contributed by atoms with Gasteiger partial charge >= 0.3 is 5.97 Å². The van der Waals surface area contributed by atoms with E-state index in [1.54, 1.807) is 0 Å². The van der Waals surface area contributed by atoms with E-state index in [4.69, 9.17) is 28.0 Å². The van der Waals surface area contributed by atoms with E-state index in [9.17, 15) is 24.0 Å². The van der Waals surface area contributed by atoms with E-state index >= 15 is 0 Å². The van der Waals surface area contributed by atoms with Gasteiger partial charge in [0.2, 0.25) is 23.6 Å². The molecule has 0 aliphatic rings. The van der Waals surface area contributed by atoms with E-state index < -0.39 is 36.7 Å². The van der Waals surface area contributed by atoms with Gasteiger partial charge in [0, 0.05) is 32.1 Å². The minimum Gasteiger partial charge on any atom is -0.481 e. The third-order valence-corrected chi connectivity index (χ3v) is 4.24.